The number of carbonyl (C=O) groups is 1. The van der Waals surface area contributed by atoms with Crippen LogP contribution in [0.2, 0.25) is 5.02 Å². The highest BCUT2D eigenvalue weighted by atomic mass is 35.5. The molecule has 1 heterocycles. The lowest BCUT2D eigenvalue weighted by molar-refractivity contribution is 0.111. The molecule has 0 fully saturated rings. The maximum absolute atomic E-state index is 13.1. The van der Waals surface area contributed by atoms with Crippen molar-refractivity contribution in [3.8, 4) is 11.5 Å². The lowest BCUT2D eigenvalue weighted by Crippen LogP contribution is -2.12. The molecule has 1 aromatic heterocycles. The molecule has 5 heteroatoms. The molecule has 0 aliphatic rings. The summed E-state index contributed by atoms with van der Waals surface area (Å²) >= 11 is 5.72. The van der Waals surface area contributed by atoms with Crippen LogP contribution in [0.15, 0.2) is 22.6 Å². The van der Waals surface area contributed by atoms with Crippen molar-refractivity contribution in [3.05, 3.63) is 40.5 Å². The molecule has 0 saturated heterocycles. The number of nitrogens with zero attached hydrogens (tertiary/aromatic N) is 1. The fourth-order valence-electron chi connectivity index (χ4n) is 1.70. The van der Waals surface area contributed by atoms with Crippen LogP contribution in [0.25, 0.3) is 11.5 Å². The van der Waals surface area contributed by atoms with Crippen molar-refractivity contribution >= 4 is 17.9 Å². The van der Waals surface area contributed by atoms with Crippen molar-refractivity contribution in [2.45, 2.75) is 26.2 Å². The van der Waals surface area contributed by atoms with E-state index in [1.165, 1.54) is 18.2 Å². The molecule has 0 N–H and O–H groups in total. The molecule has 0 amide bonds. The van der Waals surface area contributed by atoms with E-state index >= 15 is 0 Å². The van der Waals surface area contributed by atoms with Gasteiger partial charge in [-0.3, -0.25) is 4.79 Å². The molecule has 0 atom stereocenters. The van der Waals surface area contributed by atoms with Crippen molar-refractivity contribution < 1.29 is 13.6 Å². The van der Waals surface area contributed by atoms with E-state index in [2.05, 4.69) is 4.98 Å². The van der Waals surface area contributed by atoms with Crippen molar-refractivity contribution in [2.24, 2.45) is 0 Å². The van der Waals surface area contributed by atoms with Crippen LogP contribution in [-0.4, -0.2) is 11.3 Å². The molecule has 100 valence electrons. The monoisotopic (exact) mass is 281 g/mol. The van der Waals surface area contributed by atoms with Crippen LogP contribution in [0.3, 0.4) is 0 Å². The quantitative estimate of drug-likeness (QED) is 0.773. The van der Waals surface area contributed by atoms with E-state index in [1.54, 1.807) is 0 Å². The van der Waals surface area contributed by atoms with Gasteiger partial charge < -0.3 is 4.42 Å². The summed E-state index contributed by atoms with van der Waals surface area (Å²) in [6.07, 6.45) is 0.652. The zero-order chi connectivity index (χ0) is 14.2. The number of oxazole rings is 1. The van der Waals surface area contributed by atoms with Crippen LogP contribution in [0.4, 0.5) is 4.39 Å². The van der Waals surface area contributed by atoms with Gasteiger partial charge in [0.05, 0.1) is 5.02 Å². The number of aromatic nitrogens is 1. The molecular formula is C14H13ClFNO2. The number of carbonyl (C=O) groups excluding carboxylic acids is 1. The molecular weight excluding hydrogens is 269 g/mol. The maximum Gasteiger partial charge on any atom is 0.227 e. The van der Waals surface area contributed by atoms with E-state index in [4.69, 9.17) is 16.0 Å². The predicted octanol–water partition coefficient (Wildman–Crippen LogP) is 4.24. The Morgan fingerprint density at radius 2 is 2.05 bits per heavy atom. The lowest BCUT2D eigenvalue weighted by atomic mass is 9.92. The predicted molar refractivity (Wildman–Crippen MR) is 71.0 cm³/mol. The van der Waals surface area contributed by atoms with Crippen LogP contribution in [-0.2, 0) is 5.41 Å². The average molecular weight is 282 g/mol. The summed E-state index contributed by atoms with van der Waals surface area (Å²) < 4.78 is 18.7. The molecule has 1 aromatic carbocycles. The zero-order valence-corrected chi connectivity index (χ0v) is 11.6. The smallest absolute Gasteiger partial charge is 0.227 e. The highest BCUT2D eigenvalue weighted by Crippen LogP contribution is 2.31. The molecule has 3 nitrogen and oxygen atoms in total. The topological polar surface area (TPSA) is 43.1 Å². The van der Waals surface area contributed by atoms with Gasteiger partial charge in [0.2, 0.25) is 5.89 Å². The Hall–Kier alpha value is -1.68. The summed E-state index contributed by atoms with van der Waals surface area (Å²) in [7, 11) is 0. The SMILES string of the molecule is CC(C)(C)c1oc(-c2ccc(F)c(Cl)c2)nc1C=O. The van der Waals surface area contributed by atoms with Gasteiger partial charge in [-0.05, 0) is 18.2 Å². The van der Waals surface area contributed by atoms with Crippen LogP contribution < -0.4 is 0 Å². The Kier molecular flexibility index (Phi) is 3.45. The van der Waals surface area contributed by atoms with Crippen molar-refractivity contribution in [1.29, 1.82) is 0 Å². The largest absolute Gasteiger partial charge is 0.440 e. The van der Waals surface area contributed by atoms with Gasteiger partial charge in [0.25, 0.3) is 0 Å². The highest BCUT2D eigenvalue weighted by molar-refractivity contribution is 6.31. The summed E-state index contributed by atoms with van der Waals surface area (Å²) in [6, 6.07) is 4.16. The summed E-state index contributed by atoms with van der Waals surface area (Å²) in [5, 5.41) is -0.0133. The second-order valence-electron chi connectivity index (χ2n) is 5.23. The molecule has 2 aromatic rings. The number of aldehydes is 1. The van der Waals surface area contributed by atoms with E-state index in [0.717, 1.165) is 0 Å². The third kappa shape index (κ3) is 2.68. The molecule has 0 bridgehead atoms. The van der Waals surface area contributed by atoms with Crippen molar-refractivity contribution in [1.82, 2.24) is 4.98 Å². The summed E-state index contributed by atoms with van der Waals surface area (Å²) in [4.78, 5) is 15.2. The molecule has 0 saturated carbocycles. The van der Waals surface area contributed by atoms with Crippen LogP contribution >= 0.6 is 11.6 Å². The van der Waals surface area contributed by atoms with Crippen LogP contribution in [0.5, 0.6) is 0 Å². The van der Waals surface area contributed by atoms with Crippen molar-refractivity contribution in [2.75, 3.05) is 0 Å². The number of hydrogen-bond acceptors (Lipinski definition) is 3. The number of rotatable bonds is 2. The van der Waals surface area contributed by atoms with Crippen LogP contribution in [0.1, 0.15) is 37.0 Å². The summed E-state index contributed by atoms with van der Waals surface area (Å²) in [6.45, 7) is 5.76. The minimum Gasteiger partial charge on any atom is -0.440 e. The van der Waals surface area contributed by atoms with Gasteiger partial charge in [0.15, 0.2) is 6.29 Å². The van der Waals surface area contributed by atoms with E-state index in [1.807, 2.05) is 20.8 Å². The van der Waals surface area contributed by atoms with E-state index in [0.29, 0.717) is 17.6 Å². The summed E-state index contributed by atoms with van der Waals surface area (Å²) in [5.74, 6) is 0.246. The standard InChI is InChI=1S/C14H13ClFNO2/c1-14(2,3)12-11(7-18)17-13(19-12)8-4-5-10(16)9(15)6-8/h4-7H,1-3H3. The first-order valence-electron chi connectivity index (χ1n) is 5.75. The van der Waals surface area contributed by atoms with E-state index in [-0.39, 0.29) is 22.0 Å². The Balaban J connectivity index is 2.54. The fourth-order valence-corrected chi connectivity index (χ4v) is 1.88. The van der Waals surface area contributed by atoms with Gasteiger partial charge in [-0.25, -0.2) is 9.37 Å². The molecule has 0 aliphatic carbocycles. The Labute approximate surface area is 115 Å². The second-order valence-corrected chi connectivity index (χ2v) is 5.64. The molecule has 0 radical (unpaired) electrons. The molecule has 19 heavy (non-hydrogen) atoms. The molecule has 0 aliphatic heterocycles. The average Bonchev–Trinajstić information content (AvgIpc) is 2.76. The number of halogens is 2. The van der Waals surface area contributed by atoms with Gasteiger partial charge in [0.1, 0.15) is 17.3 Å². The fraction of sp³-hybridized carbons (Fsp3) is 0.286. The molecule has 2 rings (SSSR count). The number of benzene rings is 1. The van der Waals surface area contributed by atoms with Gasteiger partial charge in [-0.1, -0.05) is 32.4 Å². The zero-order valence-electron chi connectivity index (χ0n) is 10.8. The van der Waals surface area contributed by atoms with Gasteiger partial charge in [-0.2, -0.15) is 0 Å². The minimum atomic E-state index is -0.511. The van der Waals surface area contributed by atoms with E-state index in [9.17, 15) is 9.18 Å². The minimum absolute atomic E-state index is 0.0133. The van der Waals surface area contributed by atoms with Crippen LogP contribution in [0, 0.1) is 5.82 Å². The van der Waals surface area contributed by atoms with E-state index < -0.39 is 5.82 Å². The van der Waals surface area contributed by atoms with Gasteiger partial charge >= 0.3 is 0 Å². The Morgan fingerprint density at radius 1 is 1.37 bits per heavy atom. The Bertz CT molecular complexity index is 629. The number of hydrogen-bond donors (Lipinski definition) is 0. The normalized spacial score (nSPS) is 11.6. The third-order valence-corrected chi connectivity index (χ3v) is 2.90. The first-order chi connectivity index (χ1) is 8.82. The Morgan fingerprint density at radius 3 is 2.53 bits per heavy atom. The molecule has 0 spiro atoms. The lowest BCUT2D eigenvalue weighted by Gasteiger charge is -2.14. The highest BCUT2D eigenvalue weighted by Gasteiger charge is 2.25. The van der Waals surface area contributed by atoms with Gasteiger partial charge in [-0.15, -0.1) is 0 Å². The van der Waals surface area contributed by atoms with Gasteiger partial charge in [0, 0.05) is 11.0 Å². The maximum atomic E-state index is 13.1. The first-order valence-corrected chi connectivity index (χ1v) is 6.12. The third-order valence-electron chi connectivity index (χ3n) is 2.61. The second kappa shape index (κ2) is 4.78. The molecule has 0 unspecified atom stereocenters. The van der Waals surface area contributed by atoms with Crippen molar-refractivity contribution in [3.63, 3.8) is 0 Å². The first kappa shape index (κ1) is 13.7. The summed E-state index contributed by atoms with van der Waals surface area (Å²) in [5.41, 5.74) is 0.443.